The van der Waals surface area contributed by atoms with Gasteiger partial charge >= 0.3 is 12.4 Å². The molecule has 1 aliphatic heterocycles. The first-order valence-corrected chi connectivity index (χ1v) is 12.0. The van der Waals surface area contributed by atoms with Crippen molar-refractivity contribution in [2.24, 2.45) is 11.3 Å². The molecule has 1 saturated heterocycles. The van der Waals surface area contributed by atoms with Crippen LogP contribution in [0, 0.1) is 22.7 Å². The summed E-state index contributed by atoms with van der Waals surface area (Å²) in [4.78, 5) is 12.1. The number of carbonyl (C=O) groups is 1. The molecule has 2 aromatic rings. The number of carbonyl (C=O) groups excluding carboxylic acids is 1. The van der Waals surface area contributed by atoms with E-state index < -0.39 is 40.5 Å². The van der Waals surface area contributed by atoms with Crippen LogP contribution in [0.4, 0.5) is 26.3 Å². The zero-order valence-corrected chi connectivity index (χ0v) is 20.0. The third kappa shape index (κ3) is 5.39. The van der Waals surface area contributed by atoms with Crippen molar-refractivity contribution >= 4 is 5.78 Å². The molecule has 2 aromatic carbocycles. The summed E-state index contributed by atoms with van der Waals surface area (Å²) >= 11 is 0. The van der Waals surface area contributed by atoms with Gasteiger partial charge < -0.3 is 10.1 Å². The number of hydrogen-bond acceptors (Lipinski definition) is 4. The molecular weight excluding hydrogens is 498 g/mol. The molecule has 0 radical (unpaired) electrons. The monoisotopic (exact) mass is 524 g/mol. The zero-order chi connectivity index (χ0) is 27.1. The van der Waals surface area contributed by atoms with E-state index >= 15 is 0 Å². The smallest absolute Gasteiger partial charge is 0.372 e. The molecule has 37 heavy (non-hydrogen) atoms. The van der Waals surface area contributed by atoms with Crippen molar-refractivity contribution in [3.8, 4) is 6.07 Å². The Kier molecular flexibility index (Phi) is 7.16. The summed E-state index contributed by atoms with van der Waals surface area (Å²) in [5.74, 6) is -0.282. The van der Waals surface area contributed by atoms with E-state index in [9.17, 15) is 36.4 Å². The summed E-state index contributed by atoms with van der Waals surface area (Å²) in [5, 5.41) is 13.3. The average molecular weight is 525 g/mol. The molecule has 1 heterocycles. The van der Waals surface area contributed by atoms with Gasteiger partial charge in [-0.05, 0) is 55.5 Å². The zero-order valence-electron chi connectivity index (χ0n) is 20.0. The SMILES string of the molecule is C[C@@H](OC[C@@]1(c2ccccc2)CC[C@](C#N)(C2CCC2=O)CN1)c1cc(C(F)(F)F)cc(C(F)(F)F)c1. The van der Waals surface area contributed by atoms with Crippen molar-refractivity contribution in [1.29, 1.82) is 5.26 Å². The molecule has 0 spiro atoms. The molecule has 1 saturated carbocycles. The quantitative estimate of drug-likeness (QED) is 0.435. The summed E-state index contributed by atoms with van der Waals surface area (Å²) in [6.07, 6.45) is -9.08. The van der Waals surface area contributed by atoms with Crippen LogP contribution in [0.15, 0.2) is 48.5 Å². The van der Waals surface area contributed by atoms with Gasteiger partial charge in [0.25, 0.3) is 0 Å². The van der Waals surface area contributed by atoms with Crippen LogP contribution in [0.3, 0.4) is 0 Å². The number of ketones is 1. The lowest BCUT2D eigenvalue weighted by atomic mass is 9.60. The molecular formula is C27H26F6N2O2. The van der Waals surface area contributed by atoms with Crippen molar-refractivity contribution in [3.05, 3.63) is 70.8 Å². The first kappa shape index (κ1) is 27.1. The summed E-state index contributed by atoms with van der Waals surface area (Å²) in [6, 6.07) is 12.9. The molecule has 1 aliphatic carbocycles. The Morgan fingerprint density at radius 2 is 1.68 bits per heavy atom. The van der Waals surface area contributed by atoms with E-state index in [2.05, 4.69) is 11.4 Å². The maximum absolute atomic E-state index is 13.3. The van der Waals surface area contributed by atoms with Crippen LogP contribution in [-0.2, 0) is 27.4 Å². The highest BCUT2D eigenvalue weighted by Gasteiger charge is 2.52. The molecule has 198 valence electrons. The number of Topliss-reactive ketones (excluding diaryl/α,β-unsaturated/α-hetero) is 1. The molecule has 10 heteroatoms. The molecule has 2 aliphatic rings. The van der Waals surface area contributed by atoms with Crippen molar-refractivity contribution < 1.29 is 35.9 Å². The van der Waals surface area contributed by atoms with E-state index in [0.29, 0.717) is 37.8 Å². The van der Waals surface area contributed by atoms with E-state index in [0.717, 1.165) is 5.56 Å². The van der Waals surface area contributed by atoms with Crippen LogP contribution in [-0.4, -0.2) is 18.9 Å². The number of nitrogens with one attached hydrogen (secondary N) is 1. The third-order valence-corrected chi connectivity index (χ3v) is 7.68. The maximum atomic E-state index is 13.3. The fraction of sp³-hybridized carbons (Fsp3) is 0.481. The lowest BCUT2D eigenvalue weighted by Crippen LogP contribution is -2.59. The number of nitriles is 1. The molecule has 0 aromatic heterocycles. The largest absolute Gasteiger partial charge is 0.416 e. The summed E-state index contributed by atoms with van der Waals surface area (Å²) < 4.78 is 85.9. The second-order valence-corrected chi connectivity index (χ2v) is 9.92. The van der Waals surface area contributed by atoms with Crippen molar-refractivity contribution in [2.45, 2.75) is 56.6 Å². The van der Waals surface area contributed by atoms with Crippen LogP contribution in [0.1, 0.15) is 61.0 Å². The fourth-order valence-electron chi connectivity index (χ4n) is 5.19. The van der Waals surface area contributed by atoms with Crippen molar-refractivity contribution in [3.63, 3.8) is 0 Å². The van der Waals surface area contributed by atoms with E-state index in [1.165, 1.54) is 6.92 Å². The van der Waals surface area contributed by atoms with Gasteiger partial charge in [0.05, 0.1) is 40.9 Å². The van der Waals surface area contributed by atoms with Crippen LogP contribution in [0.25, 0.3) is 0 Å². The fourth-order valence-corrected chi connectivity index (χ4v) is 5.19. The van der Waals surface area contributed by atoms with E-state index in [1.54, 1.807) is 0 Å². The topological polar surface area (TPSA) is 62.1 Å². The van der Waals surface area contributed by atoms with Gasteiger partial charge in [0, 0.05) is 18.9 Å². The predicted molar refractivity (Wildman–Crippen MR) is 122 cm³/mol. The number of alkyl halides is 6. The van der Waals surface area contributed by atoms with E-state index in [-0.39, 0.29) is 36.5 Å². The average Bonchev–Trinajstić information content (AvgIpc) is 2.86. The molecule has 4 rings (SSSR count). The van der Waals surface area contributed by atoms with Crippen LogP contribution in [0.5, 0.6) is 0 Å². The molecule has 0 bridgehead atoms. The Morgan fingerprint density at radius 1 is 1.05 bits per heavy atom. The van der Waals surface area contributed by atoms with Crippen LogP contribution >= 0.6 is 0 Å². The minimum atomic E-state index is -4.95. The summed E-state index contributed by atoms with van der Waals surface area (Å²) in [6.45, 7) is 1.56. The Bertz CT molecular complexity index is 1150. The van der Waals surface area contributed by atoms with Crippen molar-refractivity contribution in [1.82, 2.24) is 5.32 Å². The number of nitrogens with zero attached hydrogens (tertiary/aromatic N) is 1. The van der Waals surface area contributed by atoms with Gasteiger partial charge in [0.15, 0.2) is 0 Å². The van der Waals surface area contributed by atoms with Gasteiger partial charge in [-0.15, -0.1) is 0 Å². The van der Waals surface area contributed by atoms with E-state index in [1.807, 2.05) is 30.3 Å². The maximum Gasteiger partial charge on any atom is 0.416 e. The summed E-state index contributed by atoms with van der Waals surface area (Å²) in [5.41, 5.74) is -3.92. The Balaban J connectivity index is 1.59. The van der Waals surface area contributed by atoms with Crippen molar-refractivity contribution in [2.75, 3.05) is 13.2 Å². The van der Waals surface area contributed by atoms with Gasteiger partial charge in [0.1, 0.15) is 5.78 Å². The molecule has 4 atom stereocenters. The van der Waals surface area contributed by atoms with Crippen LogP contribution < -0.4 is 5.32 Å². The number of benzene rings is 2. The molecule has 4 nitrogen and oxygen atoms in total. The molecule has 1 N–H and O–H groups in total. The van der Waals surface area contributed by atoms with E-state index in [4.69, 9.17) is 4.74 Å². The summed E-state index contributed by atoms with van der Waals surface area (Å²) in [7, 11) is 0. The van der Waals surface area contributed by atoms with Gasteiger partial charge in [0.2, 0.25) is 0 Å². The highest BCUT2D eigenvalue weighted by molar-refractivity contribution is 5.87. The standard InChI is InChI=1S/C27H26F6N2O2/c1-17(18-11-20(26(28,29)30)13-21(12-18)27(31,32)33)37-16-25(19-5-3-2-4-6-19)10-9-24(14-34,15-35-25)22-7-8-23(22)36/h2-6,11-13,17,22,35H,7-10,15-16H2,1H3/t17-,22?,24-,25-/m1/s1. The van der Waals surface area contributed by atoms with Gasteiger partial charge in [-0.2, -0.15) is 31.6 Å². The lowest BCUT2D eigenvalue weighted by molar-refractivity contribution is -0.143. The molecule has 1 unspecified atom stereocenters. The first-order valence-electron chi connectivity index (χ1n) is 12.0. The Morgan fingerprint density at radius 3 is 2.11 bits per heavy atom. The highest BCUT2D eigenvalue weighted by atomic mass is 19.4. The predicted octanol–water partition coefficient (Wildman–Crippen LogP) is 6.57. The van der Waals surface area contributed by atoms with Gasteiger partial charge in [-0.3, -0.25) is 4.79 Å². The molecule has 2 fully saturated rings. The van der Waals surface area contributed by atoms with Gasteiger partial charge in [-0.1, -0.05) is 30.3 Å². The number of rotatable bonds is 6. The minimum Gasteiger partial charge on any atom is -0.372 e. The molecule has 0 amide bonds. The normalized spacial score (nSPS) is 27.3. The van der Waals surface area contributed by atoms with Crippen LogP contribution in [0.2, 0.25) is 0 Å². The number of piperidine rings is 1. The number of hydrogen-bond donors (Lipinski definition) is 1. The Labute approximate surface area is 210 Å². The lowest BCUT2D eigenvalue weighted by Gasteiger charge is -2.49. The minimum absolute atomic E-state index is 0.0596. The number of halogens is 6. The third-order valence-electron chi connectivity index (χ3n) is 7.68. The van der Waals surface area contributed by atoms with Gasteiger partial charge in [-0.25, -0.2) is 0 Å². The number of ether oxygens (including phenoxy) is 1. The Hall–Kier alpha value is -2.90. The highest BCUT2D eigenvalue weighted by Crippen LogP contribution is 2.48. The second-order valence-electron chi connectivity index (χ2n) is 9.92. The first-order chi connectivity index (χ1) is 17.3. The second kappa shape index (κ2) is 9.76.